The molecule has 0 unspecified atom stereocenters. The summed E-state index contributed by atoms with van der Waals surface area (Å²) >= 11 is 0. The predicted molar refractivity (Wildman–Crippen MR) is 124 cm³/mol. The number of aromatic nitrogens is 2. The maximum Gasteiger partial charge on any atom is 0.407 e. The van der Waals surface area contributed by atoms with Crippen molar-refractivity contribution in [3.63, 3.8) is 0 Å². The Kier molecular flexibility index (Phi) is 7.52. The number of hydrogen-bond donors (Lipinski definition) is 3. The molecule has 186 valence electrons. The van der Waals surface area contributed by atoms with E-state index in [1.165, 1.54) is 12.3 Å². The molecule has 1 aromatic carbocycles. The predicted octanol–water partition coefficient (Wildman–Crippen LogP) is 1.07. The third-order valence-electron chi connectivity index (χ3n) is 5.08. The molecular weight excluding hydrogens is 458 g/mol. The fraction of sp³-hybridized carbons (Fsp3) is 0.391. The van der Waals surface area contributed by atoms with Gasteiger partial charge in [-0.1, -0.05) is 18.2 Å². The third kappa shape index (κ3) is 6.88. The number of alkyl carbamates (subject to hydrolysis) is 1. The topological polar surface area (TPSA) is 160 Å². The van der Waals surface area contributed by atoms with Gasteiger partial charge >= 0.3 is 17.8 Å². The quantitative estimate of drug-likeness (QED) is 0.548. The zero-order valence-electron chi connectivity index (χ0n) is 19.6. The number of nitrogens with zero attached hydrogens (tertiary/aromatic N) is 3. The van der Waals surface area contributed by atoms with Gasteiger partial charge in [-0.05, 0) is 39.0 Å². The highest BCUT2D eigenvalue weighted by Crippen LogP contribution is 2.20. The Hall–Kier alpha value is -4.22. The van der Waals surface area contributed by atoms with Crippen molar-refractivity contribution in [2.45, 2.75) is 51.4 Å². The lowest BCUT2D eigenvalue weighted by Crippen LogP contribution is -2.44. The van der Waals surface area contributed by atoms with E-state index >= 15 is 0 Å². The van der Waals surface area contributed by atoms with Crippen molar-refractivity contribution in [1.29, 1.82) is 0 Å². The van der Waals surface area contributed by atoms with Crippen LogP contribution in [0.1, 0.15) is 37.6 Å². The van der Waals surface area contributed by atoms with Gasteiger partial charge in [-0.25, -0.2) is 14.4 Å². The molecule has 1 saturated heterocycles. The van der Waals surface area contributed by atoms with E-state index in [0.29, 0.717) is 5.56 Å². The van der Waals surface area contributed by atoms with E-state index in [9.17, 15) is 29.1 Å². The van der Waals surface area contributed by atoms with Crippen LogP contribution < -0.4 is 16.3 Å². The number of carbonyl (C=O) groups excluding carboxylic acids is 3. The molecule has 0 spiro atoms. The van der Waals surface area contributed by atoms with E-state index in [4.69, 9.17) is 4.74 Å². The SMILES string of the molecule is CC(C)(C)OC(=O)N[C@H]1C[C@@H](C(=O)O)N(C(=O)Cn2ccc(NC(=O)c3ccccc3)nc2=O)C1. The highest BCUT2D eigenvalue weighted by molar-refractivity contribution is 6.03. The summed E-state index contributed by atoms with van der Waals surface area (Å²) < 4.78 is 6.19. The van der Waals surface area contributed by atoms with Gasteiger partial charge in [-0.2, -0.15) is 4.98 Å². The number of benzene rings is 1. The van der Waals surface area contributed by atoms with Crippen molar-refractivity contribution in [2.24, 2.45) is 0 Å². The van der Waals surface area contributed by atoms with Crippen LogP contribution in [-0.2, 0) is 20.9 Å². The fourth-order valence-corrected chi connectivity index (χ4v) is 3.56. The van der Waals surface area contributed by atoms with Gasteiger partial charge in [0.1, 0.15) is 24.0 Å². The maximum atomic E-state index is 12.9. The van der Waals surface area contributed by atoms with Crippen LogP contribution in [0, 0.1) is 0 Å². The molecule has 12 heteroatoms. The van der Waals surface area contributed by atoms with E-state index in [-0.39, 0.29) is 18.8 Å². The summed E-state index contributed by atoms with van der Waals surface area (Å²) in [5.41, 5.74) is -1.14. The minimum absolute atomic E-state index is 0.00206. The molecule has 3 rings (SSSR count). The zero-order valence-corrected chi connectivity index (χ0v) is 19.6. The number of aliphatic carboxylic acids is 1. The average molecular weight is 485 g/mol. The molecule has 2 aromatic rings. The molecule has 0 bridgehead atoms. The monoisotopic (exact) mass is 485 g/mol. The minimum atomic E-state index is -1.23. The van der Waals surface area contributed by atoms with E-state index in [0.717, 1.165) is 9.47 Å². The van der Waals surface area contributed by atoms with E-state index in [2.05, 4.69) is 15.6 Å². The molecule has 12 nitrogen and oxygen atoms in total. The lowest BCUT2D eigenvalue weighted by Gasteiger charge is -2.22. The van der Waals surface area contributed by atoms with Gasteiger partial charge in [0, 0.05) is 24.7 Å². The summed E-state index contributed by atoms with van der Waals surface area (Å²) in [6.07, 6.45) is 0.572. The molecule has 1 aliphatic rings. The van der Waals surface area contributed by atoms with Gasteiger partial charge < -0.3 is 25.4 Å². The first-order valence-electron chi connectivity index (χ1n) is 10.9. The first kappa shape index (κ1) is 25.4. The fourth-order valence-electron chi connectivity index (χ4n) is 3.56. The number of rotatable bonds is 6. The molecule has 35 heavy (non-hydrogen) atoms. The second-order valence-electron chi connectivity index (χ2n) is 9.02. The average Bonchev–Trinajstić information content (AvgIpc) is 3.19. The number of likely N-dealkylation sites (tertiary alicyclic amines) is 1. The lowest BCUT2D eigenvalue weighted by molar-refractivity contribution is -0.148. The Balaban J connectivity index is 1.65. The van der Waals surface area contributed by atoms with Gasteiger partial charge in [0.15, 0.2) is 0 Å². The minimum Gasteiger partial charge on any atom is -0.480 e. The Morgan fingerprint density at radius 3 is 2.43 bits per heavy atom. The number of anilines is 1. The smallest absolute Gasteiger partial charge is 0.407 e. The lowest BCUT2D eigenvalue weighted by atomic mass is 10.1. The normalized spacial score (nSPS) is 17.5. The molecule has 0 radical (unpaired) electrons. The van der Waals surface area contributed by atoms with Gasteiger partial charge in [0.2, 0.25) is 5.91 Å². The molecule has 0 saturated carbocycles. The van der Waals surface area contributed by atoms with Crippen molar-refractivity contribution >= 4 is 29.7 Å². The van der Waals surface area contributed by atoms with E-state index < -0.39 is 53.8 Å². The van der Waals surface area contributed by atoms with Crippen LogP contribution in [0.5, 0.6) is 0 Å². The van der Waals surface area contributed by atoms with Gasteiger partial charge in [-0.15, -0.1) is 0 Å². The standard InChI is InChI=1S/C23H27N5O7/c1-23(2,3)35-22(34)24-15-11-16(20(31)32)28(12-15)18(29)13-27-10-9-17(26-21(27)33)25-19(30)14-7-5-4-6-8-14/h4-10,15-16H,11-13H2,1-3H3,(H,24,34)(H,31,32)(H,25,26,30,33)/t15-,16-/m0/s1. The molecule has 1 aromatic heterocycles. The number of hydrogen-bond acceptors (Lipinski definition) is 7. The highest BCUT2D eigenvalue weighted by Gasteiger charge is 2.40. The summed E-state index contributed by atoms with van der Waals surface area (Å²) in [7, 11) is 0. The maximum absolute atomic E-state index is 12.9. The van der Waals surface area contributed by atoms with Crippen molar-refractivity contribution in [1.82, 2.24) is 19.8 Å². The number of carboxylic acid groups (broad SMARTS) is 1. The Bertz CT molecular complexity index is 1170. The van der Waals surface area contributed by atoms with Crippen LogP contribution in [-0.4, -0.2) is 67.7 Å². The number of carbonyl (C=O) groups is 4. The van der Waals surface area contributed by atoms with Crippen molar-refractivity contribution in [2.75, 3.05) is 11.9 Å². The number of nitrogens with one attached hydrogen (secondary N) is 2. The first-order valence-corrected chi connectivity index (χ1v) is 10.9. The summed E-state index contributed by atoms with van der Waals surface area (Å²) in [6, 6.07) is 7.93. The summed E-state index contributed by atoms with van der Waals surface area (Å²) in [4.78, 5) is 66.1. The molecular formula is C23H27N5O7. The van der Waals surface area contributed by atoms with E-state index in [1.807, 2.05) is 0 Å². The van der Waals surface area contributed by atoms with Crippen LogP contribution in [0.3, 0.4) is 0 Å². The van der Waals surface area contributed by atoms with E-state index in [1.54, 1.807) is 51.1 Å². The molecule has 3 N–H and O–H groups in total. The second-order valence-corrected chi connectivity index (χ2v) is 9.02. The number of carboxylic acids is 1. The van der Waals surface area contributed by atoms with Gasteiger partial charge in [0.25, 0.3) is 5.91 Å². The van der Waals surface area contributed by atoms with Crippen LogP contribution in [0.25, 0.3) is 0 Å². The van der Waals surface area contributed by atoms with Crippen LogP contribution in [0.2, 0.25) is 0 Å². The number of ether oxygens (including phenoxy) is 1. The molecule has 2 atom stereocenters. The molecule has 2 heterocycles. The van der Waals surface area contributed by atoms with Crippen LogP contribution in [0.4, 0.5) is 10.6 Å². The summed E-state index contributed by atoms with van der Waals surface area (Å²) in [5, 5.41) is 14.6. The van der Waals surface area contributed by atoms with Crippen molar-refractivity contribution < 1.29 is 29.0 Å². The Morgan fingerprint density at radius 1 is 1.14 bits per heavy atom. The van der Waals surface area contributed by atoms with Crippen molar-refractivity contribution in [3.8, 4) is 0 Å². The first-order chi connectivity index (χ1) is 16.4. The molecule has 1 aliphatic heterocycles. The highest BCUT2D eigenvalue weighted by atomic mass is 16.6. The largest absolute Gasteiger partial charge is 0.480 e. The van der Waals surface area contributed by atoms with Crippen molar-refractivity contribution in [3.05, 3.63) is 58.6 Å². The van der Waals surface area contributed by atoms with Gasteiger partial charge in [0.05, 0.1) is 6.04 Å². The summed E-state index contributed by atoms with van der Waals surface area (Å²) in [6.45, 7) is 4.58. The summed E-state index contributed by atoms with van der Waals surface area (Å²) in [5.74, 6) is -2.29. The second kappa shape index (κ2) is 10.4. The van der Waals surface area contributed by atoms with Crippen LogP contribution in [0.15, 0.2) is 47.4 Å². The van der Waals surface area contributed by atoms with Crippen LogP contribution >= 0.6 is 0 Å². The molecule has 0 aliphatic carbocycles. The van der Waals surface area contributed by atoms with Gasteiger partial charge in [-0.3, -0.25) is 14.2 Å². The zero-order chi connectivity index (χ0) is 25.8. The third-order valence-corrected chi connectivity index (χ3v) is 5.08. The Labute approximate surface area is 200 Å². The Morgan fingerprint density at radius 2 is 1.83 bits per heavy atom. The number of amides is 3. The molecule has 3 amide bonds. The molecule has 1 fully saturated rings.